The Balaban J connectivity index is 2.46. The molecule has 0 saturated heterocycles. The van der Waals surface area contributed by atoms with Crippen molar-refractivity contribution in [3.63, 3.8) is 0 Å². The van der Waals surface area contributed by atoms with Crippen LogP contribution in [0.25, 0.3) is 0 Å². The first kappa shape index (κ1) is 11.0. The van der Waals surface area contributed by atoms with E-state index in [1.807, 2.05) is 31.2 Å². The third-order valence-corrected chi connectivity index (χ3v) is 2.22. The zero-order chi connectivity index (χ0) is 10.4. The fraction of sp³-hybridized carbons (Fsp3) is 0.300. The summed E-state index contributed by atoms with van der Waals surface area (Å²) in [5.74, 6) is 0.571. The maximum Gasteiger partial charge on any atom is 0.257 e. The van der Waals surface area contributed by atoms with Gasteiger partial charge in [-0.15, -0.1) is 0 Å². The lowest BCUT2D eigenvalue weighted by Gasteiger charge is -2.07. The molecule has 0 unspecified atom stereocenters. The molecule has 4 heteroatoms. The molecule has 0 spiro atoms. The molecule has 0 saturated carbocycles. The van der Waals surface area contributed by atoms with Crippen molar-refractivity contribution < 1.29 is 9.53 Å². The highest BCUT2D eigenvalue weighted by Gasteiger charge is 2.02. The van der Waals surface area contributed by atoms with Crippen molar-refractivity contribution in [1.29, 1.82) is 0 Å². The van der Waals surface area contributed by atoms with Gasteiger partial charge in [-0.05, 0) is 35.0 Å². The minimum absolute atomic E-state index is 0.0520. The zero-order valence-electron chi connectivity index (χ0n) is 7.92. The third kappa shape index (κ3) is 3.38. The van der Waals surface area contributed by atoms with E-state index in [1.54, 1.807) is 0 Å². The van der Waals surface area contributed by atoms with Gasteiger partial charge < -0.3 is 10.1 Å². The number of rotatable bonds is 4. The van der Waals surface area contributed by atoms with Crippen LogP contribution in [-0.2, 0) is 4.79 Å². The molecule has 0 aliphatic rings. The van der Waals surface area contributed by atoms with Crippen LogP contribution >= 0.6 is 15.9 Å². The van der Waals surface area contributed by atoms with Gasteiger partial charge in [-0.1, -0.05) is 12.1 Å². The number of carbonyl (C=O) groups excluding carboxylic acids is 1. The summed E-state index contributed by atoms with van der Waals surface area (Å²) in [5, 5.41) is 2.66. The van der Waals surface area contributed by atoms with Crippen molar-refractivity contribution in [1.82, 2.24) is 5.32 Å². The number of halogens is 1. The molecular weight excluding hydrogens is 246 g/mol. The van der Waals surface area contributed by atoms with E-state index in [0.29, 0.717) is 12.3 Å². The monoisotopic (exact) mass is 257 g/mol. The molecular formula is C10H12BrNO2. The molecule has 0 bridgehead atoms. The summed E-state index contributed by atoms with van der Waals surface area (Å²) < 4.78 is 6.14. The summed E-state index contributed by atoms with van der Waals surface area (Å²) in [6.45, 7) is 2.55. The first-order valence-electron chi connectivity index (χ1n) is 4.38. The molecule has 14 heavy (non-hydrogen) atoms. The van der Waals surface area contributed by atoms with Crippen molar-refractivity contribution in [3.05, 3.63) is 28.7 Å². The van der Waals surface area contributed by atoms with E-state index in [9.17, 15) is 4.79 Å². The van der Waals surface area contributed by atoms with Crippen LogP contribution in [0.4, 0.5) is 0 Å². The highest BCUT2D eigenvalue weighted by Crippen LogP contribution is 2.23. The first-order chi connectivity index (χ1) is 6.74. The molecule has 1 aromatic rings. The quantitative estimate of drug-likeness (QED) is 0.896. The Kier molecular flexibility index (Phi) is 4.46. The van der Waals surface area contributed by atoms with Gasteiger partial charge in [0.2, 0.25) is 0 Å². The minimum atomic E-state index is -0.108. The predicted molar refractivity (Wildman–Crippen MR) is 58.3 cm³/mol. The zero-order valence-corrected chi connectivity index (χ0v) is 9.50. The Labute approximate surface area is 91.6 Å². The molecule has 0 aliphatic carbocycles. The van der Waals surface area contributed by atoms with Crippen molar-refractivity contribution >= 4 is 21.8 Å². The maximum atomic E-state index is 11.1. The van der Waals surface area contributed by atoms with Gasteiger partial charge in [0.05, 0.1) is 4.47 Å². The summed E-state index contributed by atoms with van der Waals surface area (Å²) in [6, 6.07) is 7.43. The Bertz CT molecular complexity index is 315. The molecule has 1 N–H and O–H groups in total. The summed E-state index contributed by atoms with van der Waals surface area (Å²) in [7, 11) is 0. The second-order valence-corrected chi connectivity index (χ2v) is 3.53. The van der Waals surface area contributed by atoms with Crippen LogP contribution in [0, 0.1) is 0 Å². The number of carbonyl (C=O) groups is 1. The fourth-order valence-electron chi connectivity index (χ4n) is 0.953. The minimum Gasteiger partial charge on any atom is -0.483 e. The number of hydrogen-bond acceptors (Lipinski definition) is 2. The smallest absolute Gasteiger partial charge is 0.257 e. The van der Waals surface area contributed by atoms with Crippen molar-refractivity contribution in [2.75, 3.05) is 13.2 Å². The average molecular weight is 258 g/mol. The lowest BCUT2D eigenvalue weighted by molar-refractivity contribution is -0.122. The lowest BCUT2D eigenvalue weighted by atomic mass is 10.3. The second-order valence-electron chi connectivity index (χ2n) is 2.67. The Morgan fingerprint density at radius 3 is 2.86 bits per heavy atom. The van der Waals surface area contributed by atoms with Crippen LogP contribution in [0.1, 0.15) is 6.92 Å². The highest BCUT2D eigenvalue weighted by molar-refractivity contribution is 9.10. The Morgan fingerprint density at radius 2 is 2.21 bits per heavy atom. The topological polar surface area (TPSA) is 38.3 Å². The van der Waals surface area contributed by atoms with Gasteiger partial charge in [0.1, 0.15) is 5.75 Å². The van der Waals surface area contributed by atoms with Crippen LogP contribution in [0.15, 0.2) is 28.7 Å². The number of hydrogen-bond donors (Lipinski definition) is 1. The third-order valence-electron chi connectivity index (χ3n) is 1.57. The van der Waals surface area contributed by atoms with E-state index in [4.69, 9.17) is 4.74 Å². The van der Waals surface area contributed by atoms with Gasteiger partial charge in [0, 0.05) is 6.54 Å². The number of benzene rings is 1. The van der Waals surface area contributed by atoms with Crippen molar-refractivity contribution in [2.45, 2.75) is 6.92 Å². The van der Waals surface area contributed by atoms with Crippen LogP contribution < -0.4 is 10.1 Å². The molecule has 0 aliphatic heterocycles. The molecule has 76 valence electrons. The number of amides is 1. The summed E-state index contributed by atoms with van der Waals surface area (Å²) in [5.41, 5.74) is 0. The Morgan fingerprint density at radius 1 is 1.50 bits per heavy atom. The van der Waals surface area contributed by atoms with E-state index >= 15 is 0 Å². The second kappa shape index (κ2) is 5.65. The predicted octanol–water partition coefficient (Wildman–Crippen LogP) is 1.96. The van der Waals surface area contributed by atoms with E-state index in [0.717, 1.165) is 4.47 Å². The molecule has 0 heterocycles. The first-order valence-corrected chi connectivity index (χ1v) is 5.17. The normalized spacial score (nSPS) is 9.57. The molecule has 0 aromatic heterocycles. The molecule has 0 atom stereocenters. The highest BCUT2D eigenvalue weighted by atomic mass is 79.9. The van der Waals surface area contributed by atoms with Crippen LogP contribution in [0.5, 0.6) is 5.75 Å². The number of likely N-dealkylation sites (N-methyl/N-ethyl adjacent to an activating group) is 1. The van der Waals surface area contributed by atoms with Crippen LogP contribution in [0.2, 0.25) is 0 Å². The molecule has 1 aromatic carbocycles. The van der Waals surface area contributed by atoms with Gasteiger partial charge in [0.15, 0.2) is 6.61 Å². The van der Waals surface area contributed by atoms with Gasteiger partial charge in [0.25, 0.3) is 5.91 Å². The lowest BCUT2D eigenvalue weighted by Crippen LogP contribution is -2.28. The van der Waals surface area contributed by atoms with E-state index in [1.165, 1.54) is 0 Å². The molecule has 1 rings (SSSR count). The average Bonchev–Trinajstić information content (AvgIpc) is 2.17. The molecule has 0 fully saturated rings. The van der Waals surface area contributed by atoms with Gasteiger partial charge >= 0.3 is 0 Å². The van der Waals surface area contributed by atoms with Gasteiger partial charge in [-0.2, -0.15) is 0 Å². The standard InChI is InChI=1S/C10H12BrNO2/c1-2-12-10(13)7-14-9-6-4-3-5-8(9)11/h3-6H,2,7H2,1H3,(H,12,13). The maximum absolute atomic E-state index is 11.1. The largest absolute Gasteiger partial charge is 0.483 e. The molecule has 0 radical (unpaired) electrons. The van der Waals surface area contributed by atoms with Crippen LogP contribution in [-0.4, -0.2) is 19.1 Å². The number of para-hydroxylation sites is 1. The van der Waals surface area contributed by atoms with Crippen LogP contribution in [0.3, 0.4) is 0 Å². The SMILES string of the molecule is CCNC(=O)COc1ccccc1Br. The van der Waals surface area contributed by atoms with Crippen molar-refractivity contribution in [3.8, 4) is 5.75 Å². The van der Waals surface area contributed by atoms with E-state index in [2.05, 4.69) is 21.2 Å². The van der Waals surface area contributed by atoms with Crippen molar-refractivity contribution in [2.24, 2.45) is 0 Å². The molecule has 1 amide bonds. The van der Waals surface area contributed by atoms with E-state index < -0.39 is 0 Å². The molecule has 3 nitrogen and oxygen atoms in total. The summed E-state index contributed by atoms with van der Waals surface area (Å²) in [4.78, 5) is 11.1. The van der Waals surface area contributed by atoms with Gasteiger partial charge in [-0.25, -0.2) is 0 Å². The summed E-state index contributed by atoms with van der Waals surface area (Å²) >= 11 is 3.33. The number of nitrogens with one attached hydrogen (secondary N) is 1. The Hall–Kier alpha value is -1.03. The summed E-state index contributed by atoms with van der Waals surface area (Å²) in [6.07, 6.45) is 0. The van der Waals surface area contributed by atoms with Gasteiger partial charge in [-0.3, -0.25) is 4.79 Å². The number of ether oxygens (including phenoxy) is 1. The van der Waals surface area contributed by atoms with E-state index in [-0.39, 0.29) is 12.5 Å². The fourth-order valence-corrected chi connectivity index (χ4v) is 1.35.